The average molecular weight is 347 g/mol. The van der Waals surface area contributed by atoms with Crippen LogP contribution in [-0.4, -0.2) is 12.1 Å². The predicted molar refractivity (Wildman–Crippen MR) is 107 cm³/mol. The molecule has 1 aliphatic rings. The topological polar surface area (TPSA) is 26.3 Å². The molecule has 0 aliphatic carbocycles. The van der Waals surface area contributed by atoms with Gasteiger partial charge in [0, 0.05) is 12.3 Å². The van der Waals surface area contributed by atoms with E-state index in [2.05, 4.69) is 72.8 Å². The van der Waals surface area contributed by atoms with Crippen LogP contribution in [0, 0.1) is 17.3 Å². The van der Waals surface area contributed by atoms with Crippen LogP contribution in [0.1, 0.15) is 80.6 Å². The van der Waals surface area contributed by atoms with Crippen LogP contribution in [-0.2, 0) is 9.53 Å². The molecule has 0 aromatic heterocycles. The van der Waals surface area contributed by atoms with Crippen LogP contribution < -0.4 is 0 Å². The summed E-state index contributed by atoms with van der Waals surface area (Å²) in [5, 5.41) is 0. The zero-order valence-electron chi connectivity index (χ0n) is 17.4. The SMILES string of the molecule is C/C1=C\[C@@H](C)C/C=C/[C@H](C)[C@H](C(C)(C)C)OC(=O)CC/C(C)=C/CC1. The van der Waals surface area contributed by atoms with E-state index in [1.807, 2.05) is 0 Å². The van der Waals surface area contributed by atoms with Crippen molar-refractivity contribution in [2.75, 3.05) is 0 Å². The van der Waals surface area contributed by atoms with Crippen molar-refractivity contribution >= 4 is 5.97 Å². The van der Waals surface area contributed by atoms with E-state index in [4.69, 9.17) is 4.74 Å². The van der Waals surface area contributed by atoms with Gasteiger partial charge in [0.05, 0.1) is 0 Å². The first-order valence-electron chi connectivity index (χ1n) is 9.78. The summed E-state index contributed by atoms with van der Waals surface area (Å²) in [6, 6.07) is 0. The second-order valence-electron chi connectivity index (χ2n) is 8.88. The Bertz CT molecular complexity index is 517. The maximum absolute atomic E-state index is 12.3. The molecule has 0 spiro atoms. The molecule has 2 heteroatoms. The molecule has 1 rings (SSSR count). The molecule has 0 fully saturated rings. The first-order chi connectivity index (χ1) is 11.6. The van der Waals surface area contributed by atoms with Gasteiger partial charge in [0.25, 0.3) is 0 Å². The van der Waals surface area contributed by atoms with Crippen molar-refractivity contribution < 1.29 is 9.53 Å². The van der Waals surface area contributed by atoms with Crippen molar-refractivity contribution in [3.05, 3.63) is 35.5 Å². The molecule has 0 radical (unpaired) electrons. The third kappa shape index (κ3) is 8.56. The Kier molecular flexibility index (Phi) is 8.68. The van der Waals surface area contributed by atoms with Gasteiger partial charge in [-0.05, 0) is 50.9 Å². The van der Waals surface area contributed by atoms with Gasteiger partial charge in [-0.3, -0.25) is 4.79 Å². The van der Waals surface area contributed by atoms with Crippen molar-refractivity contribution in [1.82, 2.24) is 0 Å². The Morgan fingerprint density at radius 1 is 1.04 bits per heavy atom. The van der Waals surface area contributed by atoms with Gasteiger partial charge in [-0.1, -0.05) is 70.1 Å². The lowest BCUT2D eigenvalue weighted by atomic mass is 9.81. The van der Waals surface area contributed by atoms with Gasteiger partial charge in [0.2, 0.25) is 0 Å². The van der Waals surface area contributed by atoms with E-state index < -0.39 is 0 Å². The number of cyclic esters (lactones) is 1. The lowest BCUT2D eigenvalue weighted by molar-refractivity contribution is -0.157. The first-order valence-corrected chi connectivity index (χ1v) is 9.78. The van der Waals surface area contributed by atoms with E-state index in [0.29, 0.717) is 12.3 Å². The maximum Gasteiger partial charge on any atom is 0.306 e. The van der Waals surface area contributed by atoms with Gasteiger partial charge in [-0.15, -0.1) is 0 Å². The molecular weight excluding hydrogens is 308 g/mol. The Balaban J connectivity index is 2.98. The lowest BCUT2D eigenvalue weighted by Crippen LogP contribution is -2.36. The molecule has 2 nitrogen and oxygen atoms in total. The molecule has 3 atom stereocenters. The van der Waals surface area contributed by atoms with Gasteiger partial charge in [-0.2, -0.15) is 0 Å². The summed E-state index contributed by atoms with van der Waals surface area (Å²) in [7, 11) is 0. The molecule has 0 aromatic rings. The summed E-state index contributed by atoms with van der Waals surface area (Å²) < 4.78 is 5.89. The fraction of sp³-hybridized carbons (Fsp3) is 0.696. The molecular formula is C23H38O2. The minimum Gasteiger partial charge on any atom is -0.461 e. The number of esters is 1. The van der Waals surface area contributed by atoms with Crippen molar-refractivity contribution in [2.45, 2.75) is 86.7 Å². The van der Waals surface area contributed by atoms with Gasteiger partial charge in [0.15, 0.2) is 0 Å². The van der Waals surface area contributed by atoms with Crippen LogP contribution in [0.5, 0.6) is 0 Å². The summed E-state index contributed by atoms with van der Waals surface area (Å²) in [6.07, 6.45) is 13.5. The number of ether oxygens (including phenoxy) is 1. The van der Waals surface area contributed by atoms with Crippen molar-refractivity contribution in [3.8, 4) is 0 Å². The average Bonchev–Trinajstić information content (AvgIpc) is 2.48. The number of allylic oxidation sites excluding steroid dienone is 5. The Labute approximate surface area is 155 Å². The lowest BCUT2D eigenvalue weighted by Gasteiger charge is -2.33. The molecule has 1 aliphatic heterocycles. The number of carbonyl (C=O) groups excluding carboxylic acids is 1. The van der Waals surface area contributed by atoms with E-state index in [9.17, 15) is 4.79 Å². The molecule has 25 heavy (non-hydrogen) atoms. The van der Waals surface area contributed by atoms with E-state index in [-0.39, 0.29) is 23.4 Å². The van der Waals surface area contributed by atoms with Crippen molar-refractivity contribution in [3.63, 3.8) is 0 Å². The zero-order valence-corrected chi connectivity index (χ0v) is 17.4. The van der Waals surface area contributed by atoms with Crippen LogP contribution in [0.2, 0.25) is 0 Å². The second kappa shape index (κ2) is 9.99. The van der Waals surface area contributed by atoms with Gasteiger partial charge in [0.1, 0.15) is 6.10 Å². The summed E-state index contributed by atoms with van der Waals surface area (Å²) in [5.41, 5.74) is 2.67. The minimum atomic E-state index is -0.0963. The van der Waals surface area contributed by atoms with E-state index in [0.717, 1.165) is 25.7 Å². The highest BCUT2D eigenvalue weighted by molar-refractivity contribution is 5.70. The molecule has 142 valence electrons. The van der Waals surface area contributed by atoms with Crippen LogP contribution in [0.25, 0.3) is 0 Å². The third-order valence-corrected chi connectivity index (χ3v) is 4.86. The number of hydrogen-bond acceptors (Lipinski definition) is 2. The second-order valence-corrected chi connectivity index (χ2v) is 8.88. The highest BCUT2D eigenvalue weighted by Gasteiger charge is 2.32. The summed E-state index contributed by atoms with van der Waals surface area (Å²) in [5.74, 6) is 0.673. The number of carbonyl (C=O) groups is 1. The normalized spacial score (nSPS) is 33.6. The quantitative estimate of drug-likeness (QED) is 0.363. The summed E-state index contributed by atoms with van der Waals surface area (Å²) in [6.45, 7) is 15.2. The molecule has 0 unspecified atom stereocenters. The Morgan fingerprint density at radius 2 is 1.72 bits per heavy atom. The number of hydrogen-bond donors (Lipinski definition) is 0. The largest absolute Gasteiger partial charge is 0.461 e. The van der Waals surface area contributed by atoms with Gasteiger partial charge in [-0.25, -0.2) is 0 Å². The number of rotatable bonds is 0. The summed E-state index contributed by atoms with van der Waals surface area (Å²) >= 11 is 0. The van der Waals surface area contributed by atoms with Crippen LogP contribution in [0.4, 0.5) is 0 Å². The third-order valence-electron chi connectivity index (χ3n) is 4.86. The molecule has 0 saturated heterocycles. The Hall–Kier alpha value is -1.31. The highest BCUT2D eigenvalue weighted by Crippen LogP contribution is 2.30. The predicted octanol–water partition coefficient (Wildman–Crippen LogP) is 6.63. The maximum atomic E-state index is 12.3. The van der Waals surface area contributed by atoms with E-state index in [1.54, 1.807) is 0 Å². The fourth-order valence-corrected chi connectivity index (χ4v) is 3.47. The van der Waals surface area contributed by atoms with E-state index in [1.165, 1.54) is 11.1 Å². The molecule has 0 bridgehead atoms. The zero-order chi connectivity index (χ0) is 19.0. The smallest absolute Gasteiger partial charge is 0.306 e. The van der Waals surface area contributed by atoms with Crippen molar-refractivity contribution in [2.24, 2.45) is 17.3 Å². The molecule has 0 N–H and O–H groups in total. The van der Waals surface area contributed by atoms with Gasteiger partial charge < -0.3 is 4.74 Å². The molecule has 0 amide bonds. The Morgan fingerprint density at radius 3 is 2.36 bits per heavy atom. The fourth-order valence-electron chi connectivity index (χ4n) is 3.47. The van der Waals surface area contributed by atoms with Crippen LogP contribution in [0.15, 0.2) is 35.5 Å². The van der Waals surface area contributed by atoms with Crippen molar-refractivity contribution in [1.29, 1.82) is 0 Å². The van der Waals surface area contributed by atoms with Crippen LogP contribution in [0.3, 0.4) is 0 Å². The standard InChI is InChI=1S/C23H38O2/c1-17-10-8-11-18(2)16-19(3)12-9-13-20(4)22(23(5,6)7)25-21(24)15-14-17/h9-10,13,16,19-20,22H,8,11-12,14-15H2,1-7H3/b13-9+,17-10+,18-16+/t19-,20-,22+/m0/s1. The van der Waals surface area contributed by atoms with Crippen LogP contribution >= 0.6 is 0 Å². The first kappa shape index (κ1) is 21.7. The molecule has 0 aromatic carbocycles. The molecule has 1 heterocycles. The van der Waals surface area contributed by atoms with E-state index >= 15 is 0 Å². The summed E-state index contributed by atoms with van der Waals surface area (Å²) in [4.78, 5) is 12.3. The minimum absolute atomic E-state index is 0.0716. The highest BCUT2D eigenvalue weighted by atomic mass is 16.5. The monoisotopic (exact) mass is 346 g/mol. The van der Waals surface area contributed by atoms with Gasteiger partial charge >= 0.3 is 5.97 Å². The molecule has 0 saturated carbocycles.